The lowest BCUT2D eigenvalue weighted by Gasteiger charge is -2.05. The van der Waals surface area contributed by atoms with Crippen molar-refractivity contribution >= 4 is 11.9 Å². The molecule has 0 spiro atoms. The number of carboxylic acid groups (broad SMARTS) is 1. The Labute approximate surface area is 105 Å². The number of amides is 1. The molecule has 0 atom stereocenters. The number of nitrogens with zero attached hydrogens (tertiary/aromatic N) is 1. The van der Waals surface area contributed by atoms with Gasteiger partial charge in [0, 0.05) is 19.2 Å². The number of carbonyl (C=O) groups excluding carboxylic acids is 1. The number of carboxylic acids is 1. The lowest BCUT2D eigenvalue weighted by atomic mass is 10.2. The van der Waals surface area contributed by atoms with Crippen molar-refractivity contribution in [3.8, 4) is 0 Å². The Morgan fingerprint density at radius 1 is 1.33 bits per heavy atom. The van der Waals surface area contributed by atoms with Gasteiger partial charge in [0.1, 0.15) is 5.69 Å². The number of unbranched alkanes of at least 4 members (excludes halogenated alkanes) is 1. The summed E-state index contributed by atoms with van der Waals surface area (Å²) in [6.07, 6.45) is 3.52. The lowest BCUT2D eigenvalue weighted by molar-refractivity contribution is -0.121. The van der Waals surface area contributed by atoms with Crippen LogP contribution in [0.15, 0.2) is 18.3 Å². The van der Waals surface area contributed by atoms with Crippen molar-refractivity contribution in [2.75, 3.05) is 6.54 Å². The molecule has 0 saturated carbocycles. The van der Waals surface area contributed by atoms with Crippen molar-refractivity contribution in [3.05, 3.63) is 29.6 Å². The molecule has 0 radical (unpaired) electrons. The molecule has 0 bridgehead atoms. The third-order valence-electron chi connectivity index (χ3n) is 2.39. The first-order valence-corrected chi connectivity index (χ1v) is 5.78. The third kappa shape index (κ3) is 4.92. The predicted octanol–water partition coefficient (Wildman–Crippen LogP) is 0.525. The van der Waals surface area contributed by atoms with Crippen LogP contribution in [-0.4, -0.2) is 28.5 Å². The molecule has 18 heavy (non-hydrogen) atoms. The quantitative estimate of drug-likeness (QED) is 0.613. The summed E-state index contributed by atoms with van der Waals surface area (Å²) in [5, 5.41) is 11.4. The minimum atomic E-state index is -1.06. The maximum absolute atomic E-state index is 11.4. The van der Waals surface area contributed by atoms with Crippen molar-refractivity contribution < 1.29 is 14.7 Å². The van der Waals surface area contributed by atoms with E-state index >= 15 is 0 Å². The molecule has 1 amide bonds. The SMILES string of the molecule is NCCCCC(=O)NCc1ccc(C(=O)O)nc1. The van der Waals surface area contributed by atoms with Gasteiger partial charge in [0.25, 0.3) is 0 Å². The normalized spacial score (nSPS) is 10.1. The molecule has 6 nitrogen and oxygen atoms in total. The molecule has 1 aromatic heterocycles. The van der Waals surface area contributed by atoms with E-state index in [4.69, 9.17) is 10.8 Å². The fourth-order valence-corrected chi connectivity index (χ4v) is 1.37. The largest absolute Gasteiger partial charge is 0.477 e. The maximum Gasteiger partial charge on any atom is 0.354 e. The summed E-state index contributed by atoms with van der Waals surface area (Å²) in [6.45, 7) is 0.947. The molecule has 0 saturated heterocycles. The van der Waals surface area contributed by atoms with Crippen LogP contribution in [0.1, 0.15) is 35.3 Å². The molecule has 0 aliphatic rings. The number of aromatic nitrogens is 1. The van der Waals surface area contributed by atoms with Crippen molar-refractivity contribution in [1.29, 1.82) is 0 Å². The average molecular weight is 251 g/mol. The van der Waals surface area contributed by atoms with Gasteiger partial charge in [-0.3, -0.25) is 4.79 Å². The van der Waals surface area contributed by atoms with Gasteiger partial charge < -0.3 is 16.2 Å². The maximum atomic E-state index is 11.4. The smallest absolute Gasteiger partial charge is 0.354 e. The van der Waals surface area contributed by atoms with Crippen molar-refractivity contribution in [1.82, 2.24) is 10.3 Å². The summed E-state index contributed by atoms with van der Waals surface area (Å²) < 4.78 is 0. The lowest BCUT2D eigenvalue weighted by Crippen LogP contribution is -2.22. The Kier molecular flexibility index (Phi) is 5.79. The Morgan fingerprint density at radius 2 is 2.11 bits per heavy atom. The highest BCUT2D eigenvalue weighted by atomic mass is 16.4. The standard InChI is InChI=1S/C12H17N3O3/c13-6-2-1-3-11(16)15-8-9-4-5-10(12(17)18)14-7-9/h4-5,7H,1-3,6,8,13H2,(H,15,16)(H,17,18). The van der Waals surface area contributed by atoms with Crippen LogP contribution >= 0.6 is 0 Å². The van der Waals surface area contributed by atoms with E-state index in [9.17, 15) is 9.59 Å². The van der Waals surface area contributed by atoms with Gasteiger partial charge in [-0.2, -0.15) is 0 Å². The second-order valence-electron chi connectivity index (χ2n) is 3.88. The Morgan fingerprint density at radius 3 is 2.67 bits per heavy atom. The number of pyridine rings is 1. The second-order valence-corrected chi connectivity index (χ2v) is 3.88. The second kappa shape index (κ2) is 7.39. The average Bonchev–Trinajstić information content (AvgIpc) is 2.37. The van der Waals surface area contributed by atoms with E-state index in [1.54, 1.807) is 6.07 Å². The molecule has 98 valence electrons. The van der Waals surface area contributed by atoms with Gasteiger partial charge >= 0.3 is 5.97 Å². The highest BCUT2D eigenvalue weighted by Crippen LogP contribution is 2.01. The van der Waals surface area contributed by atoms with Crippen LogP contribution in [-0.2, 0) is 11.3 Å². The number of nitrogens with one attached hydrogen (secondary N) is 1. The number of nitrogens with two attached hydrogens (primary N) is 1. The fourth-order valence-electron chi connectivity index (χ4n) is 1.37. The monoisotopic (exact) mass is 251 g/mol. The number of carbonyl (C=O) groups is 2. The third-order valence-corrected chi connectivity index (χ3v) is 2.39. The minimum Gasteiger partial charge on any atom is -0.477 e. The van der Waals surface area contributed by atoms with Gasteiger partial charge in [0.2, 0.25) is 5.91 Å². The molecule has 1 aromatic rings. The first kappa shape index (κ1) is 14.1. The summed E-state index contributed by atoms with van der Waals surface area (Å²) in [6, 6.07) is 3.05. The van der Waals surface area contributed by atoms with E-state index in [0.717, 1.165) is 18.4 Å². The fraction of sp³-hybridized carbons (Fsp3) is 0.417. The van der Waals surface area contributed by atoms with Gasteiger partial charge in [0.05, 0.1) is 0 Å². The molecule has 1 heterocycles. The van der Waals surface area contributed by atoms with Gasteiger partial charge in [-0.05, 0) is 31.0 Å². The summed E-state index contributed by atoms with van der Waals surface area (Å²) in [5.41, 5.74) is 6.09. The van der Waals surface area contributed by atoms with E-state index in [1.165, 1.54) is 12.3 Å². The van der Waals surface area contributed by atoms with Gasteiger partial charge in [-0.15, -0.1) is 0 Å². The van der Waals surface area contributed by atoms with Crippen molar-refractivity contribution in [3.63, 3.8) is 0 Å². The van der Waals surface area contributed by atoms with Crippen LogP contribution in [0, 0.1) is 0 Å². The van der Waals surface area contributed by atoms with Crippen LogP contribution in [0.4, 0.5) is 0 Å². The van der Waals surface area contributed by atoms with Crippen molar-refractivity contribution in [2.24, 2.45) is 5.73 Å². The predicted molar refractivity (Wildman–Crippen MR) is 65.9 cm³/mol. The molecule has 0 aliphatic carbocycles. The van der Waals surface area contributed by atoms with E-state index in [1.807, 2.05) is 0 Å². The molecule has 4 N–H and O–H groups in total. The Bertz CT molecular complexity index is 404. The van der Waals surface area contributed by atoms with E-state index in [2.05, 4.69) is 10.3 Å². The molecular formula is C12H17N3O3. The summed E-state index contributed by atoms with van der Waals surface area (Å²) in [4.78, 5) is 25.7. The van der Waals surface area contributed by atoms with Gasteiger partial charge in [-0.25, -0.2) is 9.78 Å². The van der Waals surface area contributed by atoms with Crippen LogP contribution in [0.3, 0.4) is 0 Å². The highest BCUT2D eigenvalue weighted by molar-refractivity contribution is 5.85. The number of hydrogen-bond donors (Lipinski definition) is 3. The zero-order valence-electron chi connectivity index (χ0n) is 10.1. The van der Waals surface area contributed by atoms with Gasteiger partial charge in [0.15, 0.2) is 0 Å². The first-order valence-electron chi connectivity index (χ1n) is 5.78. The number of rotatable bonds is 7. The number of hydrogen-bond acceptors (Lipinski definition) is 4. The van der Waals surface area contributed by atoms with Crippen LogP contribution < -0.4 is 11.1 Å². The minimum absolute atomic E-state index is 0.00646. The summed E-state index contributed by atoms with van der Waals surface area (Å²) in [7, 11) is 0. The molecule has 0 fully saturated rings. The van der Waals surface area contributed by atoms with E-state index < -0.39 is 5.97 Å². The van der Waals surface area contributed by atoms with Crippen LogP contribution in [0.2, 0.25) is 0 Å². The first-order chi connectivity index (χ1) is 8.63. The summed E-state index contributed by atoms with van der Waals surface area (Å²) >= 11 is 0. The van der Waals surface area contributed by atoms with Crippen LogP contribution in [0.5, 0.6) is 0 Å². The molecule has 0 aliphatic heterocycles. The number of aromatic carboxylic acids is 1. The molecule has 0 unspecified atom stereocenters. The van der Waals surface area contributed by atoms with Crippen LogP contribution in [0.25, 0.3) is 0 Å². The van der Waals surface area contributed by atoms with Crippen molar-refractivity contribution in [2.45, 2.75) is 25.8 Å². The summed E-state index contributed by atoms with van der Waals surface area (Å²) in [5.74, 6) is -1.10. The molecule has 0 aromatic carbocycles. The highest BCUT2D eigenvalue weighted by Gasteiger charge is 2.04. The topological polar surface area (TPSA) is 105 Å². The molecular weight excluding hydrogens is 234 g/mol. The Hall–Kier alpha value is -1.95. The van der Waals surface area contributed by atoms with E-state index in [0.29, 0.717) is 19.5 Å². The Balaban J connectivity index is 2.34. The molecule has 1 rings (SSSR count). The zero-order valence-corrected chi connectivity index (χ0v) is 10.1. The van der Waals surface area contributed by atoms with E-state index in [-0.39, 0.29) is 11.6 Å². The zero-order chi connectivity index (χ0) is 13.4. The van der Waals surface area contributed by atoms with Gasteiger partial charge in [-0.1, -0.05) is 6.07 Å². The molecule has 6 heteroatoms.